The molecule has 1 saturated heterocycles. The van der Waals surface area contributed by atoms with E-state index in [1.54, 1.807) is 0 Å². The van der Waals surface area contributed by atoms with Crippen LogP contribution < -0.4 is 0 Å². The smallest absolute Gasteiger partial charge is 0.0990 e. The average molecular weight is 415 g/mol. The first-order valence-electron chi connectivity index (χ1n) is 10.3. The quantitative estimate of drug-likeness (QED) is 0.420. The summed E-state index contributed by atoms with van der Waals surface area (Å²) in [4.78, 5) is 0. The fraction of sp³-hybridized carbons (Fsp3) is 0.360. The van der Waals surface area contributed by atoms with Crippen molar-refractivity contribution in [3.63, 3.8) is 0 Å². The minimum Gasteiger partial charge on any atom is -0.317 e. The highest BCUT2D eigenvalue weighted by molar-refractivity contribution is 6.30. The first kappa shape index (κ1) is 21.2. The van der Waals surface area contributed by atoms with Crippen LogP contribution in [-0.4, -0.2) is 30.7 Å². The zero-order chi connectivity index (χ0) is 19.7. The largest absolute Gasteiger partial charge is 0.317 e. The van der Waals surface area contributed by atoms with Crippen LogP contribution in [0.3, 0.4) is 0 Å². The van der Waals surface area contributed by atoms with E-state index in [0.717, 1.165) is 40.5 Å². The number of likely N-dealkylation sites (tertiary alicyclic amines) is 1. The van der Waals surface area contributed by atoms with Gasteiger partial charge in [-0.3, -0.25) is 0 Å². The number of benzene rings is 2. The van der Waals surface area contributed by atoms with E-state index < -0.39 is 0 Å². The Morgan fingerprint density at radius 1 is 0.679 bits per heavy atom. The second kappa shape index (κ2) is 10.9. The van der Waals surface area contributed by atoms with Gasteiger partial charge in [0.05, 0.1) is 26.2 Å². The first-order valence-corrected chi connectivity index (χ1v) is 11.0. The molecule has 0 bridgehead atoms. The monoisotopic (exact) mass is 414 g/mol. The number of allylic oxidation sites excluding steroid dienone is 2. The Morgan fingerprint density at radius 3 is 1.54 bits per heavy atom. The van der Waals surface area contributed by atoms with E-state index in [-0.39, 0.29) is 0 Å². The van der Waals surface area contributed by atoms with E-state index in [2.05, 4.69) is 60.7 Å². The lowest BCUT2D eigenvalue weighted by atomic mass is 10.1. The summed E-state index contributed by atoms with van der Waals surface area (Å²) in [5.41, 5.74) is 2.53. The van der Waals surface area contributed by atoms with E-state index >= 15 is 0 Å². The number of hydrogen-bond acceptors (Lipinski definition) is 0. The predicted molar refractivity (Wildman–Crippen MR) is 122 cm³/mol. The van der Waals surface area contributed by atoms with Crippen LogP contribution >= 0.6 is 23.2 Å². The van der Waals surface area contributed by atoms with Crippen LogP contribution in [0, 0.1) is 0 Å². The van der Waals surface area contributed by atoms with Crippen LogP contribution in [0.15, 0.2) is 82.9 Å². The SMILES string of the molecule is Cl/C(=C\C[N+]1(C/C=C(\Cl)Cc2ccccc2)CCCCC1)Cc1ccccc1. The summed E-state index contributed by atoms with van der Waals surface area (Å²) >= 11 is 13.2. The molecule has 3 rings (SSSR count). The summed E-state index contributed by atoms with van der Waals surface area (Å²) < 4.78 is 1.07. The van der Waals surface area contributed by atoms with Crippen molar-refractivity contribution in [1.29, 1.82) is 0 Å². The maximum Gasteiger partial charge on any atom is 0.0990 e. The number of halogens is 2. The molecule has 0 aliphatic carbocycles. The Balaban J connectivity index is 1.63. The van der Waals surface area contributed by atoms with Crippen molar-refractivity contribution >= 4 is 23.2 Å². The molecule has 1 aliphatic heterocycles. The number of nitrogens with zero attached hydrogens (tertiary/aromatic N) is 1. The molecule has 2 aromatic rings. The van der Waals surface area contributed by atoms with E-state index in [1.807, 2.05) is 12.1 Å². The lowest BCUT2D eigenvalue weighted by Gasteiger charge is -2.40. The Kier molecular flexibility index (Phi) is 8.21. The highest BCUT2D eigenvalue weighted by atomic mass is 35.5. The Bertz CT molecular complexity index is 713. The number of quaternary nitrogens is 1. The molecule has 0 amide bonds. The molecule has 0 radical (unpaired) electrons. The van der Waals surface area contributed by atoms with Gasteiger partial charge in [0.15, 0.2) is 0 Å². The van der Waals surface area contributed by atoms with Crippen molar-refractivity contribution in [2.75, 3.05) is 26.2 Å². The summed E-state index contributed by atoms with van der Waals surface area (Å²) in [6.07, 6.45) is 10.0. The molecule has 3 heteroatoms. The van der Waals surface area contributed by atoms with E-state index in [1.165, 1.54) is 43.5 Å². The fourth-order valence-electron chi connectivity index (χ4n) is 3.93. The van der Waals surface area contributed by atoms with Crippen LogP contribution in [0.4, 0.5) is 0 Å². The third kappa shape index (κ3) is 6.81. The number of rotatable bonds is 8. The highest BCUT2D eigenvalue weighted by Gasteiger charge is 2.28. The van der Waals surface area contributed by atoms with Gasteiger partial charge in [0.25, 0.3) is 0 Å². The summed E-state index contributed by atoms with van der Waals surface area (Å²) in [6.45, 7) is 4.38. The lowest BCUT2D eigenvalue weighted by molar-refractivity contribution is -0.921. The third-order valence-electron chi connectivity index (χ3n) is 5.60. The standard InChI is InChI=1S/C25H30Cl2N/c26-24(20-22-10-4-1-5-11-22)14-18-28(16-8-3-9-17-28)19-15-25(27)21-23-12-6-2-7-13-23/h1-2,4-7,10-15H,3,8-9,16-21H2/q+1/b24-14-,25-15-. The number of hydrogen-bond donors (Lipinski definition) is 0. The predicted octanol–water partition coefficient (Wildman–Crippen LogP) is 6.72. The molecule has 0 unspecified atom stereocenters. The van der Waals surface area contributed by atoms with Gasteiger partial charge in [-0.2, -0.15) is 0 Å². The van der Waals surface area contributed by atoms with Gasteiger partial charge in [-0.1, -0.05) is 83.9 Å². The molecule has 0 N–H and O–H groups in total. The maximum absolute atomic E-state index is 6.58. The van der Waals surface area contributed by atoms with Crippen LogP contribution in [0.1, 0.15) is 30.4 Å². The summed E-state index contributed by atoms with van der Waals surface area (Å²) in [5, 5.41) is 1.88. The Morgan fingerprint density at radius 2 is 1.11 bits per heavy atom. The Labute approximate surface area is 179 Å². The zero-order valence-electron chi connectivity index (χ0n) is 16.5. The van der Waals surface area contributed by atoms with Crippen LogP contribution in [0.5, 0.6) is 0 Å². The van der Waals surface area contributed by atoms with Crippen molar-refractivity contribution in [3.05, 3.63) is 94.0 Å². The molecule has 0 saturated carbocycles. The highest BCUT2D eigenvalue weighted by Crippen LogP contribution is 2.22. The minimum atomic E-state index is 0.812. The average Bonchev–Trinajstić information content (AvgIpc) is 2.73. The Hall–Kier alpha value is -1.54. The molecule has 28 heavy (non-hydrogen) atoms. The van der Waals surface area contributed by atoms with Gasteiger partial charge < -0.3 is 4.48 Å². The normalized spacial score (nSPS) is 17.5. The molecule has 0 atom stereocenters. The van der Waals surface area contributed by atoms with Crippen LogP contribution in [0.25, 0.3) is 0 Å². The van der Waals surface area contributed by atoms with Gasteiger partial charge >= 0.3 is 0 Å². The van der Waals surface area contributed by atoms with Crippen LogP contribution in [-0.2, 0) is 12.8 Å². The molecule has 1 fully saturated rings. The van der Waals surface area contributed by atoms with Crippen molar-refractivity contribution in [2.24, 2.45) is 0 Å². The summed E-state index contributed by atoms with van der Waals surface area (Å²) in [7, 11) is 0. The first-order chi connectivity index (χ1) is 13.7. The molecule has 0 aromatic heterocycles. The number of piperidine rings is 1. The molecule has 0 spiro atoms. The van der Waals surface area contributed by atoms with Gasteiger partial charge in [-0.15, -0.1) is 0 Å². The summed E-state index contributed by atoms with van der Waals surface area (Å²) in [5.74, 6) is 0. The molecule has 1 aliphatic rings. The molecule has 2 aromatic carbocycles. The second-order valence-corrected chi connectivity index (χ2v) is 8.81. The molecular weight excluding hydrogens is 385 g/mol. The molecule has 1 heterocycles. The third-order valence-corrected chi connectivity index (χ3v) is 6.17. The lowest BCUT2D eigenvalue weighted by Crippen LogP contribution is -2.51. The van der Waals surface area contributed by atoms with Gasteiger partial charge in [0, 0.05) is 22.9 Å². The fourth-order valence-corrected chi connectivity index (χ4v) is 4.38. The minimum absolute atomic E-state index is 0.812. The van der Waals surface area contributed by atoms with E-state index in [0.29, 0.717) is 0 Å². The van der Waals surface area contributed by atoms with Crippen molar-refractivity contribution in [1.82, 2.24) is 0 Å². The van der Waals surface area contributed by atoms with Gasteiger partial charge in [-0.05, 0) is 42.5 Å². The van der Waals surface area contributed by atoms with Crippen molar-refractivity contribution in [2.45, 2.75) is 32.1 Å². The van der Waals surface area contributed by atoms with Crippen molar-refractivity contribution in [3.8, 4) is 0 Å². The molecule has 148 valence electrons. The van der Waals surface area contributed by atoms with Gasteiger partial charge in [0.2, 0.25) is 0 Å². The maximum atomic E-state index is 6.58. The van der Waals surface area contributed by atoms with Gasteiger partial charge in [0.1, 0.15) is 0 Å². The van der Waals surface area contributed by atoms with Gasteiger partial charge in [-0.25, -0.2) is 0 Å². The zero-order valence-corrected chi connectivity index (χ0v) is 18.0. The van der Waals surface area contributed by atoms with E-state index in [9.17, 15) is 0 Å². The topological polar surface area (TPSA) is 0 Å². The van der Waals surface area contributed by atoms with E-state index in [4.69, 9.17) is 23.2 Å². The summed E-state index contributed by atoms with van der Waals surface area (Å²) in [6, 6.07) is 20.9. The van der Waals surface area contributed by atoms with Crippen molar-refractivity contribution < 1.29 is 4.48 Å². The molecular formula is C25H30Cl2N+. The second-order valence-electron chi connectivity index (χ2n) is 7.84. The molecule has 1 nitrogen and oxygen atoms in total. The van der Waals surface area contributed by atoms with Crippen LogP contribution in [0.2, 0.25) is 0 Å².